The Balaban J connectivity index is 2.06. The molecule has 0 unspecified atom stereocenters. The van der Waals surface area contributed by atoms with Crippen LogP contribution in [0.4, 0.5) is 0 Å². The van der Waals surface area contributed by atoms with E-state index in [1.54, 1.807) is 32.4 Å². The zero-order valence-electron chi connectivity index (χ0n) is 15.1. The number of nitrogens with one attached hydrogen (secondary N) is 1. The van der Waals surface area contributed by atoms with E-state index in [0.717, 1.165) is 23.4 Å². The lowest BCUT2D eigenvalue weighted by Gasteiger charge is -2.35. The summed E-state index contributed by atoms with van der Waals surface area (Å²) in [6, 6.07) is 13.3. The van der Waals surface area contributed by atoms with Crippen molar-refractivity contribution in [3.63, 3.8) is 0 Å². The molecule has 4 nitrogen and oxygen atoms in total. The first-order chi connectivity index (χ1) is 11.9. The van der Waals surface area contributed by atoms with Gasteiger partial charge in [-0.25, -0.2) is 0 Å². The summed E-state index contributed by atoms with van der Waals surface area (Å²) < 4.78 is 10.7. The number of fused-ring (bicyclic) bond motifs is 1. The van der Waals surface area contributed by atoms with Crippen molar-refractivity contribution < 1.29 is 14.3 Å². The Kier molecular flexibility index (Phi) is 4.53. The largest absolute Gasteiger partial charge is 0.497 e. The number of ether oxygens (including phenoxy) is 2. The van der Waals surface area contributed by atoms with Gasteiger partial charge in [-0.3, -0.25) is 4.79 Å². The summed E-state index contributed by atoms with van der Waals surface area (Å²) in [6.07, 6.45) is 2.53. The maximum Gasteiger partial charge on any atom is 0.191 e. The molecule has 0 aromatic heterocycles. The van der Waals surface area contributed by atoms with Crippen LogP contribution in [0.2, 0.25) is 0 Å². The minimum atomic E-state index is -0.130. The Morgan fingerprint density at radius 1 is 1.12 bits per heavy atom. The van der Waals surface area contributed by atoms with Gasteiger partial charge in [-0.1, -0.05) is 18.2 Å². The van der Waals surface area contributed by atoms with Gasteiger partial charge in [0.1, 0.15) is 11.5 Å². The molecule has 0 radical (unpaired) electrons. The average molecular weight is 337 g/mol. The molecular formula is C21H23NO3. The fourth-order valence-electron chi connectivity index (χ4n) is 3.21. The SMILES string of the molecule is COc1ccc2c(c1)/C(=C/C(=O)c1ccccc1OC)NC(C)(C)C2. The summed E-state index contributed by atoms with van der Waals surface area (Å²) in [4.78, 5) is 12.8. The van der Waals surface area contributed by atoms with Gasteiger partial charge in [0.15, 0.2) is 5.78 Å². The molecule has 2 aromatic rings. The van der Waals surface area contributed by atoms with E-state index < -0.39 is 0 Å². The molecule has 0 bridgehead atoms. The summed E-state index contributed by atoms with van der Waals surface area (Å²) in [6.45, 7) is 4.25. The molecule has 2 aromatic carbocycles. The van der Waals surface area contributed by atoms with Crippen molar-refractivity contribution in [2.24, 2.45) is 0 Å². The predicted molar refractivity (Wildman–Crippen MR) is 99.2 cm³/mol. The molecule has 1 aliphatic rings. The number of hydrogen-bond acceptors (Lipinski definition) is 4. The van der Waals surface area contributed by atoms with Crippen molar-refractivity contribution in [2.75, 3.05) is 14.2 Å². The summed E-state index contributed by atoms with van der Waals surface area (Å²) >= 11 is 0. The molecule has 1 heterocycles. The van der Waals surface area contributed by atoms with E-state index in [0.29, 0.717) is 11.3 Å². The van der Waals surface area contributed by atoms with Crippen molar-refractivity contribution in [1.29, 1.82) is 0 Å². The Morgan fingerprint density at radius 3 is 2.60 bits per heavy atom. The molecular weight excluding hydrogens is 314 g/mol. The molecule has 0 fully saturated rings. The average Bonchev–Trinajstić information content (AvgIpc) is 2.60. The first-order valence-corrected chi connectivity index (χ1v) is 8.28. The third-order valence-electron chi connectivity index (χ3n) is 4.36. The van der Waals surface area contributed by atoms with Crippen molar-refractivity contribution in [2.45, 2.75) is 25.8 Å². The van der Waals surface area contributed by atoms with E-state index in [1.165, 1.54) is 5.56 Å². The van der Waals surface area contributed by atoms with Crippen LogP contribution in [-0.2, 0) is 6.42 Å². The molecule has 25 heavy (non-hydrogen) atoms. The van der Waals surface area contributed by atoms with Crippen LogP contribution >= 0.6 is 0 Å². The molecule has 0 aliphatic carbocycles. The topological polar surface area (TPSA) is 47.6 Å². The third-order valence-corrected chi connectivity index (χ3v) is 4.36. The molecule has 0 spiro atoms. The summed E-state index contributed by atoms with van der Waals surface area (Å²) in [5.74, 6) is 1.26. The maximum absolute atomic E-state index is 12.8. The first kappa shape index (κ1) is 17.1. The summed E-state index contributed by atoms with van der Waals surface area (Å²) in [5, 5.41) is 3.48. The Morgan fingerprint density at radius 2 is 1.88 bits per heavy atom. The quantitative estimate of drug-likeness (QED) is 0.680. The lowest BCUT2D eigenvalue weighted by Crippen LogP contribution is -2.43. The van der Waals surface area contributed by atoms with Crippen LogP contribution in [0.1, 0.15) is 35.3 Å². The zero-order chi connectivity index (χ0) is 18.0. The number of benzene rings is 2. The van der Waals surface area contributed by atoms with E-state index in [9.17, 15) is 4.79 Å². The van der Waals surface area contributed by atoms with Crippen molar-refractivity contribution in [3.05, 3.63) is 65.2 Å². The third kappa shape index (κ3) is 3.53. The van der Waals surface area contributed by atoms with Gasteiger partial charge in [0.25, 0.3) is 0 Å². The molecule has 1 N–H and O–H groups in total. The van der Waals surface area contributed by atoms with Crippen LogP contribution in [-0.4, -0.2) is 25.5 Å². The Labute approximate surface area is 148 Å². The highest BCUT2D eigenvalue weighted by atomic mass is 16.5. The van der Waals surface area contributed by atoms with Gasteiger partial charge < -0.3 is 14.8 Å². The van der Waals surface area contributed by atoms with E-state index in [4.69, 9.17) is 9.47 Å². The van der Waals surface area contributed by atoms with Crippen molar-refractivity contribution >= 4 is 11.5 Å². The molecule has 4 heteroatoms. The van der Waals surface area contributed by atoms with E-state index >= 15 is 0 Å². The fourth-order valence-corrected chi connectivity index (χ4v) is 3.21. The minimum absolute atomic E-state index is 0.0913. The van der Waals surface area contributed by atoms with Crippen LogP contribution in [0, 0.1) is 0 Å². The highest BCUT2D eigenvalue weighted by Crippen LogP contribution is 2.32. The van der Waals surface area contributed by atoms with E-state index in [1.807, 2.05) is 24.3 Å². The first-order valence-electron chi connectivity index (χ1n) is 8.28. The fraction of sp³-hybridized carbons (Fsp3) is 0.286. The molecule has 1 aliphatic heterocycles. The van der Waals surface area contributed by atoms with Crippen molar-refractivity contribution in [3.8, 4) is 11.5 Å². The highest BCUT2D eigenvalue weighted by Gasteiger charge is 2.28. The van der Waals surface area contributed by atoms with Gasteiger partial charge in [0, 0.05) is 22.9 Å². The minimum Gasteiger partial charge on any atom is -0.497 e. The molecule has 0 atom stereocenters. The Bertz CT molecular complexity index is 837. The molecule has 130 valence electrons. The predicted octanol–water partition coefficient (Wildman–Crippen LogP) is 3.85. The standard InChI is InChI=1S/C21H23NO3/c1-21(2)13-14-9-10-15(24-3)11-17(14)18(22-21)12-19(23)16-7-5-6-8-20(16)25-4/h5-12,22H,13H2,1-4H3/b18-12-. The molecule has 0 amide bonds. The van der Waals surface area contributed by atoms with Crippen LogP contribution in [0.5, 0.6) is 11.5 Å². The van der Waals surface area contributed by atoms with Gasteiger partial charge in [0.05, 0.1) is 19.8 Å². The molecule has 0 saturated carbocycles. The maximum atomic E-state index is 12.8. The Hall–Kier alpha value is -2.75. The van der Waals surface area contributed by atoms with Gasteiger partial charge in [-0.05, 0) is 50.1 Å². The zero-order valence-corrected chi connectivity index (χ0v) is 15.1. The van der Waals surface area contributed by atoms with Crippen LogP contribution in [0.3, 0.4) is 0 Å². The molecule has 3 rings (SSSR count). The van der Waals surface area contributed by atoms with Gasteiger partial charge >= 0.3 is 0 Å². The van der Waals surface area contributed by atoms with E-state index in [-0.39, 0.29) is 11.3 Å². The summed E-state index contributed by atoms with van der Waals surface area (Å²) in [5.41, 5.74) is 3.42. The smallest absolute Gasteiger partial charge is 0.191 e. The van der Waals surface area contributed by atoms with Gasteiger partial charge in [-0.2, -0.15) is 0 Å². The normalized spacial score (nSPS) is 16.7. The van der Waals surface area contributed by atoms with Crippen molar-refractivity contribution in [1.82, 2.24) is 5.32 Å². The highest BCUT2D eigenvalue weighted by molar-refractivity contribution is 6.10. The molecule has 0 saturated heterocycles. The number of rotatable bonds is 4. The lowest BCUT2D eigenvalue weighted by atomic mass is 9.85. The van der Waals surface area contributed by atoms with Crippen LogP contribution in [0.15, 0.2) is 48.5 Å². The number of carbonyl (C=O) groups is 1. The van der Waals surface area contributed by atoms with Crippen LogP contribution < -0.4 is 14.8 Å². The van der Waals surface area contributed by atoms with Gasteiger partial charge in [0.2, 0.25) is 0 Å². The lowest BCUT2D eigenvalue weighted by molar-refractivity contribution is 0.104. The number of hydrogen-bond donors (Lipinski definition) is 1. The number of methoxy groups -OCH3 is 2. The number of para-hydroxylation sites is 1. The second kappa shape index (κ2) is 6.63. The van der Waals surface area contributed by atoms with Crippen LogP contribution in [0.25, 0.3) is 5.70 Å². The monoisotopic (exact) mass is 337 g/mol. The number of ketones is 1. The number of carbonyl (C=O) groups excluding carboxylic acids is 1. The number of allylic oxidation sites excluding steroid dienone is 1. The van der Waals surface area contributed by atoms with E-state index in [2.05, 4.69) is 25.2 Å². The second-order valence-corrected chi connectivity index (χ2v) is 6.83. The second-order valence-electron chi connectivity index (χ2n) is 6.83. The summed E-state index contributed by atoms with van der Waals surface area (Å²) in [7, 11) is 3.21. The van der Waals surface area contributed by atoms with Gasteiger partial charge in [-0.15, -0.1) is 0 Å².